The fourth-order valence-electron chi connectivity index (χ4n) is 2.81. The number of anilines is 1. The van der Waals surface area contributed by atoms with E-state index in [0.29, 0.717) is 6.04 Å². The van der Waals surface area contributed by atoms with Crippen molar-refractivity contribution in [3.05, 3.63) is 29.3 Å². The van der Waals surface area contributed by atoms with Crippen molar-refractivity contribution in [1.29, 1.82) is 0 Å². The molecular weight excluding hydrogens is 265 g/mol. The van der Waals surface area contributed by atoms with E-state index >= 15 is 0 Å². The summed E-state index contributed by atoms with van der Waals surface area (Å²) in [7, 11) is 1.86. The lowest BCUT2D eigenvalue weighted by molar-refractivity contribution is -0.137. The molecule has 0 saturated heterocycles. The molecule has 1 atom stereocenters. The van der Waals surface area contributed by atoms with Gasteiger partial charge in [-0.15, -0.1) is 0 Å². The largest absolute Gasteiger partial charge is 0.416 e. The van der Waals surface area contributed by atoms with Crippen LogP contribution in [0.1, 0.15) is 37.3 Å². The normalized spacial score (nSPS) is 18.8. The lowest BCUT2D eigenvalue weighted by Crippen LogP contribution is -2.29. The molecule has 0 saturated carbocycles. The summed E-state index contributed by atoms with van der Waals surface area (Å²) in [5, 5.41) is 3.07. The van der Waals surface area contributed by atoms with Gasteiger partial charge < -0.3 is 10.2 Å². The molecule has 0 aliphatic carbocycles. The fraction of sp³-hybridized carbons (Fsp3) is 0.600. The van der Waals surface area contributed by atoms with Gasteiger partial charge in [-0.3, -0.25) is 0 Å². The molecule has 1 unspecified atom stereocenters. The Morgan fingerprint density at radius 3 is 2.60 bits per heavy atom. The number of rotatable bonds is 4. The van der Waals surface area contributed by atoms with Gasteiger partial charge in [0.05, 0.1) is 5.56 Å². The van der Waals surface area contributed by atoms with Crippen molar-refractivity contribution in [2.75, 3.05) is 25.0 Å². The van der Waals surface area contributed by atoms with Gasteiger partial charge in [-0.05, 0) is 57.6 Å². The van der Waals surface area contributed by atoms with Crippen LogP contribution < -0.4 is 10.2 Å². The monoisotopic (exact) mass is 286 g/mol. The summed E-state index contributed by atoms with van der Waals surface area (Å²) in [6, 6.07) is 4.44. The Labute approximate surface area is 118 Å². The van der Waals surface area contributed by atoms with Gasteiger partial charge in [0.25, 0.3) is 0 Å². The van der Waals surface area contributed by atoms with E-state index < -0.39 is 11.7 Å². The highest BCUT2D eigenvalue weighted by Gasteiger charge is 2.35. The Hall–Kier alpha value is -1.23. The Kier molecular flexibility index (Phi) is 4.28. The summed E-state index contributed by atoms with van der Waals surface area (Å²) < 4.78 is 38.6. The maximum atomic E-state index is 12.9. The molecule has 0 aromatic heterocycles. The molecule has 2 rings (SSSR count). The molecule has 2 nitrogen and oxygen atoms in total. The first kappa shape index (κ1) is 15.2. The van der Waals surface area contributed by atoms with Crippen LogP contribution in [-0.2, 0) is 6.18 Å². The van der Waals surface area contributed by atoms with E-state index in [1.165, 1.54) is 12.1 Å². The Morgan fingerprint density at radius 1 is 1.35 bits per heavy atom. The molecule has 112 valence electrons. The average molecular weight is 286 g/mol. The van der Waals surface area contributed by atoms with Gasteiger partial charge in [0.15, 0.2) is 0 Å². The molecule has 20 heavy (non-hydrogen) atoms. The van der Waals surface area contributed by atoms with Crippen LogP contribution in [0.4, 0.5) is 18.9 Å². The van der Waals surface area contributed by atoms with Crippen molar-refractivity contribution in [1.82, 2.24) is 5.32 Å². The lowest BCUT2D eigenvalue weighted by atomic mass is 9.96. The Bertz CT molecular complexity index is 469. The number of nitrogens with zero attached hydrogens (tertiary/aromatic N) is 1. The van der Waals surface area contributed by atoms with E-state index in [-0.39, 0.29) is 5.92 Å². The zero-order chi connectivity index (χ0) is 14.9. The topological polar surface area (TPSA) is 15.3 Å². The number of fused-ring (bicyclic) bond motifs is 1. The zero-order valence-electron chi connectivity index (χ0n) is 12.1. The first-order chi connectivity index (χ1) is 9.34. The summed E-state index contributed by atoms with van der Waals surface area (Å²) in [5.41, 5.74) is 1.24. The number of halogens is 3. The average Bonchev–Trinajstić information content (AvgIpc) is 2.73. The molecule has 0 radical (unpaired) electrons. The van der Waals surface area contributed by atoms with Gasteiger partial charge in [0.2, 0.25) is 0 Å². The van der Waals surface area contributed by atoms with E-state index in [2.05, 4.69) is 24.1 Å². The maximum absolute atomic E-state index is 12.9. The van der Waals surface area contributed by atoms with Gasteiger partial charge >= 0.3 is 6.18 Å². The van der Waals surface area contributed by atoms with Gasteiger partial charge in [-0.2, -0.15) is 13.2 Å². The van der Waals surface area contributed by atoms with Crippen molar-refractivity contribution in [3.63, 3.8) is 0 Å². The van der Waals surface area contributed by atoms with Crippen LogP contribution in [0, 0.1) is 0 Å². The first-order valence-corrected chi connectivity index (χ1v) is 6.97. The maximum Gasteiger partial charge on any atom is 0.416 e. The molecule has 5 heteroatoms. The standard InChI is InChI=1S/C15H21F3N2/c1-10(2)20-9-11(6-7-19-3)13-8-12(15(16,17)18)4-5-14(13)20/h4-5,8,10-11,19H,6-7,9H2,1-3H3. The quantitative estimate of drug-likeness (QED) is 0.909. The second-order valence-electron chi connectivity index (χ2n) is 5.61. The number of hydrogen-bond donors (Lipinski definition) is 1. The molecule has 0 fully saturated rings. The van der Waals surface area contributed by atoms with Gasteiger partial charge in [-0.1, -0.05) is 0 Å². The molecule has 0 spiro atoms. The van der Waals surface area contributed by atoms with Gasteiger partial charge in [0.1, 0.15) is 0 Å². The van der Waals surface area contributed by atoms with Crippen molar-refractivity contribution in [2.24, 2.45) is 0 Å². The zero-order valence-corrected chi connectivity index (χ0v) is 12.1. The summed E-state index contributed by atoms with van der Waals surface area (Å²) >= 11 is 0. The molecule has 1 aromatic rings. The van der Waals surface area contributed by atoms with Gasteiger partial charge in [-0.25, -0.2) is 0 Å². The van der Waals surface area contributed by atoms with Crippen LogP contribution >= 0.6 is 0 Å². The van der Waals surface area contributed by atoms with Crippen LogP contribution in [0.3, 0.4) is 0 Å². The van der Waals surface area contributed by atoms with Crippen LogP contribution in [0.5, 0.6) is 0 Å². The summed E-state index contributed by atoms with van der Waals surface area (Å²) in [6.07, 6.45) is -3.41. The van der Waals surface area contributed by atoms with E-state index in [9.17, 15) is 13.2 Å². The molecular formula is C15H21F3N2. The van der Waals surface area contributed by atoms with Crippen LogP contribution in [0.15, 0.2) is 18.2 Å². The van der Waals surface area contributed by atoms with Crippen molar-refractivity contribution < 1.29 is 13.2 Å². The highest BCUT2D eigenvalue weighted by Crippen LogP contribution is 2.42. The second-order valence-corrected chi connectivity index (χ2v) is 5.61. The summed E-state index contributed by atoms with van der Waals surface area (Å²) in [5.74, 6) is 0.169. The predicted molar refractivity (Wildman–Crippen MR) is 75.2 cm³/mol. The lowest BCUT2D eigenvalue weighted by Gasteiger charge is -2.24. The van der Waals surface area contributed by atoms with Crippen LogP contribution in [0.2, 0.25) is 0 Å². The second kappa shape index (κ2) is 5.64. The summed E-state index contributed by atoms with van der Waals surface area (Å²) in [6.45, 7) is 5.76. The minimum atomic E-state index is -4.27. The molecule has 0 bridgehead atoms. The third-order valence-corrected chi connectivity index (χ3v) is 3.89. The smallest absolute Gasteiger partial charge is 0.368 e. The van der Waals surface area contributed by atoms with E-state index in [4.69, 9.17) is 0 Å². The third kappa shape index (κ3) is 2.92. The van der Waals surface area contributed by atoms with E-state index in [0.717, 1.165) is 30.8 Å². The number of alkyl halides is 3. The molecule has 1 N–H and O–H groups in total. The van der Waals surface area contributed by atoms with E-state index in [1.54, 1.807) is 6.07 Å². The molecule has 1 aromatic carbocycles. The predicted octanol–water partition coefficient (Wildman–Crippen LogP) is 3.63. The van der Waals surface area contributed by atoms with Gasteiger partial charge in [0, 0.05) is 24.2 Å². The Balaban J connectivity index is 2.37. The molecule has 0 amide bonds. The number of nitrogens with one attached hydrogen (secondary N) is 1. The minimum Gasteiger partial charge on any atom is -0.368 e. The van der Waals surface area contributed by atoms with Crippen molar-refractivity contribution in [3.8, 4) is 0 Å². The van der Waals surface area contributed by atoms with E-state index in [1.807, 2.05) is 7.05 Å². The highest BCUT2D eigenvalue weighted by atomic mass is 19.4. The molecule has 1 heterocycles. The van der Waals surface area contributed by atoms with Crippen LogP contribution in [0.25, 0.3) is 0 Å². The van der Waals surface area contributed by atoms with Crippen molar-refractivity contribution >= 4 is 5.69 Å². The Morgan fingerprint density at radius 2 is 2.05 bits per heavy atom. The molecule has 1 aliphatic rings. The highest BCUT2D eigenvalue weighted by molar-refractivity contribution is 5.62. The number of hydrogen-bond acceptors (Lipinski definition) is 2. The fourth-order valence-corrected chi connectivity index (χ4v) is 2.81. The SMILES string of the molecule is CNCCC1CN(C(C)C)c2ccc(C(F)(F)F)cc21. The minimum absolute atomic E-state index is 0.169. The summed E-state index contributed by atoms with van der Waals surface area (Å²) in [4.78, 5) is 2.19. The molecule has 1 aliphatic heterocycles. The number of benzene rings is 1. The van der Waals surface area contributed by atoms with Crippen LogP contribution in [-0.4, -0.2) is 26.2 Å². The first-order valence-electron chi connectivity index (χ1n) is 6.97. The third-order valence-electron chi connectivity index (χ3n) is 3.89. The van der Waals surface area contributed by atoms with Crippen molar-refractivity contribution in [2.45, 2.75) is 38.4 Å².